The number of anilines is 1. The van der Waals surface area contributed by atoms with E-state index in [1.165, 1.54) is 34.9 Å². The lowest BCUT2D eigenvalue weighted by molar-refractivity contribution is 0.170. The summed E-state index contributed by atoms with van der Waals surface area (Å²) in [6, 6.07) is 16.0. The van der Waals surface area contributed by atoms with Crippen LogP contribution in [0.1, 0.15) is 17.2 Å². The molecule has 4 aromatic rings. The molecule has 6 nitrogen and oxygen atoms in total. The molecule has 0 saturated carbocycles. The zero-order chi connectivity index (χ0) is 26.1. The molecule has 3 heterocycles. The Labute approximate surface area is 212 Å². The minimum absolute atomic E-state index is 0.190. The smallest absolute Gasteiger partial charge is 0.270 e. The van der Waals surface area contributed by atoms with Crippen molar-refractivity contribution in [3.05, 3.63) is 111 Å². The monoisotopic (exact) mass is 503 g/mol. The third-order valence-electron chi connectivity index (χ3n) is 6.91. The van der Waals surface area contributed by atoms with Gasteiger partial charge in [-0.05, 0) is 47.5 Å². The summed E-state index contributed by atoms with van der Waals surface area (Å²) in [6.07, 6.45) is 0. The number of hydrogen-bond donors (Lipinski definition) is 0. The molecular formula is C28H24F3N5O. The molecule has 0 radical (unpaired) electrons. The van der Waals surface area contributed by atoms with Gasteiger partial charge in [0.05, 0.1) is 23.3 Å². The van der Waals surface area contributed by atoms with Gasteiger partial charge in [-0.1, -0.05) is 30.8 Å². The molecule has 5 rings (SSSR count). The molecule has 1 aliphatic heterocycles. The van der Waals surface area contributed by atoms with Gasteiger partial charge in [-0.3, -0.25) is 9.69 Å². The maximum Gasteiger partial charge on any atom is 0.270 e. The maximum atomic E-state index is 14.6. The highest BCUT2D eigenvalue weighted by molar-refractivity contribution is 5.89. The van der Waals surface area contributed by atoms with E-state index in [0.717, 1.165) is 11.1 Å². The molecule has 1 fully saturated rings. The Morgan fingerprint density at radius 2 is 1.62 bits per heavy atom. The second kappa shape index (κ2) is 10.1. The van der Waals surface area contributed by atoms with Crippen LogP contribution in [0.25, 0.3) is 15.9 Å². The average molecular weight is 504 g/mol. The molecule has 0 spiro atoms. The molecule has 2 aromatic carbocycles. The largest absolute Gasteiger partial charge is 0.361 e. The van der Waals surface area contributed by atoms with Gasteiger partial charge in [0.15, 0.2) is 0 Å². The van der Waals surface area contributed by atoms with Crippen LogP contribution in [-0.2, 0) is 7.05 Å². The van der Waals surface area contributed by atoms with E-state index in [0.29, 0.717) is 36.4 Å². The highest BCUT2D eigenvalue weighted by atomic mass is 19.1. The number of fused-ring (bicyclic) bond motifs is 1. The van der Waals surface area contributed by atoms with Crippen molar-refractivity contribution in [3.63, 3.8) is 0 Å². The van der Waals surface area contributed by atoms with Crippen LogP contribution in [0, 0.1) is 18.2 Å². The van der Waals surface area contributed by atoms with Gasteiger partial charge >= 0.3 is 0 Å². The summed E-state index contributed by atoms with van der Waals surface area (Å²) in [4.78, 5) is 24.5. The summed E-state index contributed by atoms with van der Waals surface area (Å²) >= 11 is 0. The molecule has 37 heavy (non-hydrogen) atoms. The van der Waals surface area contributed by atoms with Gasteiger partial charge in [-0.25, -0.2) is 13.2 Å². The quantitative estimate of drug-likeness (QED) is 0.359. The zero-order valence-corrected chi connectivity index (χ0v) is 20.1. The van der Waals surface area contributed by atoms with E-state index in [1.54, 1.807) is 43.4 Å². The molecule has 1 aliphatic rings. The molecule has 0 amide bonds. The van der Waals surface area contributed by atoms with E-state index in [1.807, 2.05) is 4.90 Å². The number of benzene rings is 2. The predicted octanol–water partition coefficient (Wildman–Crippen LogP) is 5.01. The van der Waals surface area contributed by atoms with E-state index in [4.69, 9.17) is 6.57 Å². The second-order valence-electron chi connectivity index (χ2n) is 9.08. The lowest BCUT2D eigenvalue weighted by Crippen LogP contribution is -2.55. The fraction of sp³-hybridized carbons (Fsp3) is 0.250. The number of pyridine rings is 2. The Kier molecular flexibility index (Phi) is 6.68. The normalized spacial score (nSPS) is 16.3. The third-order valence-corrected chi connectivity index (χ3v) is 6.91. The fourth-order valence-corrected chi connectivity index (χ4v) is 5.05. The second-order valence-corrected chi connectivity index (χ2v) is 9.08. The molecule has 1 unspecified atom stereocenters. The van der Waals surface area contributed by atoms with Crippen LogP contribution in [-0.4, -0.2) is 46.8 Å². The van der Waals surface area contributed by atoms with E-state index in [2.05, 4.69) is 14.7 Å². The van der Waals surface area contributed by atoms with Crippen LogP contribution in [0.4, 0.5) is 24.7 Å². The Balaban J connectivity index is 1.54. The Hall–Kier alpha value is -4.16. The summed E-state index contributed by atoms with van der Waals surface area (Å²) in [5.74, 6) is -0.538. The zero-order valence-electron chi connectivity index (χ0n) is 20.1. The fourth-order valence-electron chi connectivity index (χ4n) is 5.05. The van der Waals surface area contributed by atoms with Gasteiger partial charge in [0.2, 0.25) is 5.52 Å². The predicted molar refractivity (Wildman–Crippen MR) is 137 cm³/mol. The first-order valence-electron chi connectivity index (χ1n) is 11.9. The highest BCUT2D eigenvalue weighted by Crippen LogP contribution is 2.34. The minimum atomic E-state index is -0.685. The Morgan fingerprint density at radius 1 is 1.00 bits per heavy atom. The molecule has 0 aliphatic carbocycles. The van der Waals surface area contributed by atoms with Gasteiger partial charge in [-0.2, -0.15) is 0 Å². The molecule has 1 saturated heterocycles. The van der Waals surface area contributed by atoms with Crippen molar-refractivity contribution in [2.45, 2.75) is 12.1 Å². The molecule has 1 atom stereocenters. The first-order valence-corrected chi connectivity index (χ1v) is 11.9. The van der Waals surface area contributed by atoms with Crippen LogP contribution >= 0.6 is 0 Å². The van der Waals surface area contributed by atoms with E-state index >= 15 is 0 Å². The standard InChI is InChI=1S/C28H24F3N5O/c1-32-25-12-11-23-27(33-25)24(15-26(37)34(23)2)36-14-13-35(17-22(36)16-29)28(18-3-7-20(30)8-4-18)19-5-9-21(31)10-6-19/h3-12,15,22,28H,13-14,16-17H2,2H3. The molecule has 2 aromatic heterocycles. The summed E-state index contributed by atoms with van der Waals surface area (Å²) in [6.45, 7) is 7.84. The van der Waals surface area contributed by atoms with Crippen LogP contribution in [0.2, 0.25) is 0 Å². The molecule has 188 valence electrons. The number of alkyl halides is 1. The van der Waals surface area contributed by atoms with Gasteiger partial charge in [-0.15, -0.1) is 4.98 Å². The molecule has 0 bridgehead atoms. The topological polar surface area (TPSA) is 45.7 Å². The minimum Gasteiger partial charge on any atom is -0.361 e. The number of rotatable bonds is 5. The van der Waals surface area contributed by atoms with Gasteiger partial charge < -0.3 is 14.3 Å². The Bertz CT molecular complexity index is 1480. The van der Waals surface area contributed by atoms with Crippen molar-refractivity contribution in [3.8, 4) is 0 Å². The molecular weight excluding hydrogens is 479 g/mol. The summed E-state index contributed by atoms with van der Waals surface area (Å²) < 4.78 is 43.4. The van der Waals surface area contributed by atoms with Gasteiger partial charge in [0, 0.05) is 32.7 Å². The maximum absolute atomic E-state index is 14.6. The number of hydrogen-bond acceptors (Lipinski definition) is 4. The molecule has 0 N–H and O–H groups in total. The van der Waals surface area contributed by atoms with Crippen molar-refractivity contribution in [1.29, 1.82) is 0 Å². The number of piperazine rings is 1. The van der Waals surface area contributed by atoms with Crippen molar-refractivity contribution < 1.29 is 13.2 Å². The number of halogens is 3. The van der Waals surface area contributed by atoms with Gasteiger partial charge in [0.1, 0.15) is 18.3 Å². The van der Waals surface area contributed by atoms with Crippen molar-refractivity contribution in [2.75, 3.05) is 31.2 Å². The SMILES string of the molecule is [C-]#[N+]c1ccc2c(n1)c(N1CCN(C(c3ccc(F)cc3)c3ccc(F)cc3)CC1CF)cc(=O)n2C. The highest BCUT2D eigenvalue weighted by Gasteiger charge is 2.34. The van der Waals surface area contributed by atoms with Crippen LogP contribution in [0.3, 0.4) is 0 Å². The van der Waals surface area contributed by atoms with E-state index in [-0.39, 0.29) is 29.1 Å². The van der Waals surface area contributed by atoms with Gasteiger partial charge in [0.25, 0.3) is 11.4 Å². The molecule has 9 heteroatoms. The van der Waals surface area contributed by atoms with E-state index in [9.17, 15) is 18.0 Å². The lowest BCUT2D eigenvalue weighted by Gasteiger charge is -2.44. The summed E-state index contributed by atoms with van der Waals surface area (Å²) in [5.41, 5.74) is 2.88. The third kappa shape index (κ3) is 4.68. The summed E-state index contributed by atoms with van der Waals surface area (Å²) in [5, 5.41) is 0. The lowest BCUT2D eigenvalue weighted by atomic mass is 9.95. The Morgan fingerprint density at radius 3 is 2.19 bits per heavy atom. The first-order chi connectivity index (χ1) is 17.9. The van der Waals surface area contributed by atoms with Crippen molar-refractivity contribution in [1.82, 2.24) is 14.5 Å². The van der Waals surface area contributed by atoms with E-state index < -0.39 is 12.7 Å². The number of aromatic nitrogens is 2. The number of nitrogens with zero attached hydrogens (tertiary/aromatic N) is 5. The average Bonchev–Trinajstić information content (AvgIpc) is 2.92. The van der Waals surface area contributed by atoms with Crippen LogP contribution in [0.5, 0.6) is 0 Å². The summed E-state index contributed by atoms with van der Waals surface area (Å²) in [7, 11) is 1.63. The van der Waals surface area contributed by atoms with Crippen molar-refractivity contribution in [2.24, 2.45) is 7.05 Å². The van der Waals surface area contributed by atoms with Crippen molar-refractivity contribution >= 4 is 22.5 Å². The number of aryl methyl sites for hydroxylation is 1. The first kappa shape index (κ1) is 24.5. The van der Waals surface area contributed by atoms with Crippen LogP contribution in [0.15, 0.2) is 71.5 Å². The van der Waals surface area contributed by atoms with Crippen LogP contribution < -0.4 is 10.5 Å².